The summed E-state index contributed by atoms with van der Waals surface area (Å²) < 4.78 is 15.3. The number of halogens is 2. The van der Waals surface area contributed by atoms with Gasteiger partial charge in [-0.25, -0.2) is 0 Å². The molecule has 0 heterocycles. The van der Waals surface area contributed by atoms with Crippen LogP contribution in [0.5, 0.6) is 5.75 Å². The van der Waals surface area contributed by atoms with Crippen molar-refractivity contribution in [3.05, 3.63) is 27.7 Å². The first-order chi connectivity index (χ1) is 9.76. The van der Waals surface area contributed by atoms with Gasteiger partial charge in [-0.3, -0.25) is 9.59 Å². The molecule has 2 atom stereocenters. The Bertz CT molecular complexity index is 521. The largest absolute Gasteiger partial charge is 0.494 e. The van der Waals surface area contributed by atoms with Crippen LogP contribution in [-0.4, -0.2) is 25.2 Å². The van der Waals surface area contributed by atoms with E-state index in [1.807, 2.05) is 0 Å². The van der Waals surface area contributed by atoms with E-state index in [1.165, 1.54) is 21.0 Å². The van der Waals surface area contributed by atoms with E-state index >= 15 is 0 Å². The second-order valence-corrected chi connectivity index (χ2v) is 5.18. The van der Waals surface area contributed by atoms with Crippen LogP contribution < -0.4 is 4.74 Å². The molecule has 0 unspecified atom stereocenters. The lowest BCUT2D eigenvalue weighted by atomic mass is 10.5. The molecule has 1 aromatic carbocycles. The molecule has 0 aromatic heterocycles. The van der Waals surface area contributed by atoms with Crippen LogP contribution in [0.25, 0.3) is 0 Å². The Kier molecular flexibility index (Phi) is 6.30. The third-order valence-corrected chi connectivity index (χ3v) is 3.19. The van der Waals surface area contributed by atoms with Crippen LogP contribution in [0.4, 0.5) is 0 Å². The average Bonchev–Trinajstić information content (AvgIpc) is 2.34. The molecule has 0 aliphatic heterocycles. The molecular weight excluding hydrogens is 326 g/mol. The molecule has 7 heteroatoms. The fraction of sp³-hybridized carbons (Fsp3) is 0.429. The van der Waals surface area contributed by atoms with Crippen LogP contribution >= 0.6 is 23.2 Å². The van der Waals surface area contributed by atoms with Gasteiger partial charge in [0.05, 0.1) is 17.2 Å². The Morgan fingerprint density at radius 3 is 1.90 bits per heavy atom. The van der Waals surface area contributed by atoms with Gasteiger partial charge in [-0.1, -0.05) is 23.2 Å². The van der Waals surface area contributed by atoms with Crippen LogP contribution in [0, 0.1) is 0 Å². The van der Waals surface area contributed by atoms with Gasteiger partial charge in [-0.2, -0.15) is 0 Å². The van der Waals surface area contributed by atoms with E-state index in [0.29, 0.717) is 11.3 Å². The van der Waals surface area contributed by atoms with E-state index in [4.69, 9.17) is 37.4 Å². The van der Waals surface area contributed by atoms with Gasteiger partial charge >= 0.3 is 11.9 Å². The Balaban J connectivity index is 3.19. The zero-order chi connectivity index (χ0) is 16.2. The van der Waals surface area contributed by atoms with Gasteiger partial charge in [0, 0.05) is 13.8 Å². The molecule has 0 aliphatic carbocycles. The lowest BCUT2D eigenvalue weighted by Crippen LogP contribution is -2.25. The van der Waals surface area contributed by atoms with Gasteiger partial charge in [0.1, 0.15) is 6.10 Å². The Morgan fingerprint density at radius 1 is 1.05 bits per heavy atom. The van der Waals surface area contributed by atoms with Gasteiger partial charge < -0.3 is 14.2 Å². The average molecular weight is 342 g/mol. The summed E-state index contributed by atoms with van der Waals surface area (Å²) in [5, 5.41) is 0.541. The number of carbonyl (C=O) groups is 2. The quantitative estimate of drug-likeness (QED) is 0.605. The summed E-state index contributed by atoms with van der Waals surface area (Å²) in [6.07, 6.45) is -1.50. The zero-order valence-corrected chi connectivity index (χ0v) is 13.6. The molecule has 0 saturated carbocycles. The molecule has 116 valence electrons. The lowest BCUT2D eigenvalue weighted by Gasteiger charge is -2.24. The highest BCUT2D eigenvalue weighted by Crippen LogP contribution is 2.37. The molecule has 0 fully saturated rings. The molecule has 0 N–H and O–H groups in total. The second kappa shape index (κ2) is 7.52. The van der Waals surface area contributed by atoms with E-state index in [9.17, 15) is 9.59 Å². The number of benzene rings is 1. The third kappa shape index (κ3) is 4.79. The number of ether oxygens (including phenoxy) is 3. The normalized spacial score (nSPS) is 13.2. The predicted octanol–water partition coefficient (Wildman–Crippen LogP) is 3.56. The Hall–Kier alpha value is -1.46. The van der Waals surface area contributed by atoms with Gasteiger partial charge in [0.15, 0.2) is 11.9 Å². The van der Waals surface area contributed by atoms with Crippen LogP contribution in [0.3, 0.4) is 0 Å². The molecule has 0 aliphatic rings. The Labute approximate surface area is 133 Å². The van der Waals surface area contributed by atoms with Crippen molar-refractivity contribution < 1.29 is 23.8 Å². The fourth-order valence-corrected chi connectivity index (χ4v) is 2.53. The summed E-state index contributed by atoms with van der Waals surface area (Å²) in [7, 11) is 1.44. The van der Waals surface area contributed by atoms with Crippen molar-refractivity contribution in [3.8, 4) is 5.75 Å². The van der Waals surface area contributed by atoms with Crippen molar-refractivity contribution in [2.24, 2.45) is 0 Å². The van der Waals surface area contributed by atoms with Crippen LogP contribution in [-0.2, 0) is 19.1 Å². The molecule has 1 rings (SSSR count). The van der Waals surface area contributed by atoms with Crippen molar-refractivity contribution >= 4 is 35.1 Å². The molecule has 0 amide bonds. The van der Waals surface area contributed by atoms with E-state index in [-0.39, 0.29) is 10.0 Å². The van der Waals surface area contributed by atoms with Gasteiger partial charge in [-0.05, 0) is 24.6 Å². The van der Waals surface area contributed by atoms with E-state index in [2.05, 4.69) is 0 Å². The zero-order valence-electron chi connectivity index (χ0n) is 12.1. The maximum Gasteiger partial charge on any atom is 0.303 e. The van der Waals surface area contributed by atoms with Gasteiger partial charge in [0.25, 0.3) is 0 Å². The van der Waals surface area contributed by atoms with Crippen LogP contribution in [0.2, 0.25) is 10.0 Å². The highest BCUT2D eigenvalue weighted by atomic mass is 35.5. The van der Waals surface area contributed by atoms with Crippen LogP contribution in [0.15, 0.2) is 12.1 Å². The smallest absolute Gasteiger partial charge is 0.303 e. The Morgan fingerprint density at radius 2 is 1.52 bits per heavy atom. The number of esters is 2. The number of carbonyl (C=O) groups excluding carboxylic acids is 2. The van der Waals surface area contributed by atoms with Gasteiger partial charge in [-0.15, -0.1) is 0 Å². The maximum absolute atomic E-state index is 11.3. The van der Waals surface area contributed by atoms with E-state index in [1.54, 1.807) is 19.1 Å². The van der Waals surface area contributed by atoms with Crippen molar-refractivity contribution in [3.63, 3.8) is 0 Å². The van der Waals surface area contributed by atoms with E-state index < -0.39 is 24.1 Å². The number of methoxy groups -OCH3 is 1. The van der Waals surface area contributed by atoms with Crippen molar-refractivity contribution in [2.75, 3.05) is 7.11 Å². The maximum atomic E-state index is 11.3. The molecule has 5 nitrogen and oxygen atoms in total. The fourth-order valence-electron chi connectivity index (χ4n) is 1.88. The number of hydrogen-bond donors (Lipinski definition) is 0. The highest BCUT2D eigenvalue weighted by Gasteiger charge is 2.26. The molecule has 21 heavy (non-hydrogen) atoms. The SMILES string of the molecule is CO[13c]1[13c](Cl)[13cH][13c]([13C@H](OC(C)=O)[C@@H](C)OC(C)=O)[13cH][13c]1Cl. The minimum absolute atomic E-state index is 0.271. The molecule has 0 bridgehead atoms. The molecule has 1 aromatic rings. The third-order valence-electron chi connectivity index (χ3n) is 2.62. The standard InChI is InChI=1S/C14H16Cl2O5/c1-7(20-8(2)17)13(21-9(3)18)10-5-11(15)14(19-4)12(16)6-10/h5-7,13H,1-4H3/t7-,13-/m1/s1/i5+1,6+1,10+1,11+1,12+1,13+1,14+1. The minimum atomic E-state index is -0.813. The first-order valence-electron chi connectivity index (χ1n) is 6.13. The summed E-state index contributed by atoms with van der Waals surface area (Å²) in [6, 6.07) is 3.11. The first kappa shape index (κ1) is 17.6. The van der Waals surface area contributed by atoms with Crippen molar-refractivity contribution in [1.82, 2.24) is 0 Å². The van der Waals surface area contributed by atoms with Crippen LogP contribution in [0.1, 0.15) is 32.4 Å². The highest BCUT2D eigenvalue weighted by molar-refractivity contribution is 6.37. The minimum Gasteiger partial charge on any atom is -0.494 e. The number of rotatable bonds is 5. The monoisotopic (exact) mass is 341 g/mol. The topological polar surface area (TPSA) is 61.8 Å². The molecular formula is C14H16Cl2O5. The molecule has 0 spiro atoms. The summed E-state index contributed by atoms with van der Waals surface area (Å²) in [4.78, 5) is 22.3. The van der Waals surface area contributed by atoms with E-state index in [0.717, 1.165) is 0 Å². The summed E-state index contributed by atoms with van der Waals surface area (Å²) >= 11 is 12.1. The molecule has 0 saturated heterocycles. The number of hydrogen-bond acceptors (Lipinski definition) is 5. The lowest BCUT2D eigenvalue weighted by molar-refractivity contribution is -0.164. The predicted molar refractivity (Wildman–Crippen MR) is 78.7 cm³/mol. The molecule has 0 radical (unpaired) electrons. The second-order valence-electron chi connectivity index (χ2n) is 4.36. The van der Waals surface area contributed by atoms with Gasteiger partial charge in [0.2, 0.25) is 0 Å². The summed E-state index contributed by atoms with van der Waals surface area (Å²) in [5.74, 6) is -0.670. The summed E-state index contributed by atoms with van der Waals surface area (Å²) in [5.41, 5.74) is 0.509. The summed E-state index contributed by atoms with van der Waals surface area (Å²) in [6.45, 7) is 4.15. The van der Waals surface area contributed by atoms with Crippen molar-refractivity contribution in [1.29, 1.82) is 0 Å². The first-order valence-corrected chi connectivity index (χ1v) is 6.89. The van der Waals surface area contributed by atoms with Crippen molar-refractivity contribution in [2.45, 2.75) is 33.0 Å².